The molecule has 2 aromatic heterocycles. The van der Waals surface area contributed by atoms with E-state index in [1.807, 2.05) is 13.0 Å². The van der Waals surface area contributed by atoms with Crippen molar-refractivity contribution < 1.29 is 18.7 Å². The van der Waals surface area contributed by atoms with Gasteiger partial charge in [-0.05, 0) is 43.7 Å². The number of fused-ring (bicyclic) bond motifs is 1. The Hall–Kier alpha value is -2.74. The van der Waals surface area contributed by atoms with Gasteiger partial charge < -0.3 is 9.64 Å². The fourth-order valence-corrected chi connectivity index (χ4v) is 3.94. The van der Waals surface area contributed by atoms with Crippen LogP contribution in [0, 0.1) is 12.7 Å². The van der Waals surface area contributed by atoms with Gasteiger partial charge in [0.25, 0.3) is 5.91 Å². The third-order valence-electron chi connectivity index (χ3n) is 4.28. The predicted molar refractivity (Wildman–Crippen MR) is 102 cm³/mol. The lowest BCUT2D eigenvalue weighted by molar-refractivity contribution is -0.140. The highest BCUT2D eigenvalue weighted by Gasteiger charge is 2.19. The van der Waals surface area contributed by atoms with Crippen molar-refractivity contribution in [1.29, 1.82) is 0 Å². The van der Waals surface area contributed by atoms with E-state index in [-0.39, 0.29) is 24.1 Å². The van der Waals surface area contributed by atoms with Crippen LogP contribution in [0.1, 0.15) is 28.2 Å². The van der Waals surface area contributed by atoms with Crippen LogP contribution in [-0.2, 0) is 9.53 Å². The fraction of sp³-hybridized carbons (Fsp3) is 0.316. The van der Waals surface area contributed by atoms with Gasteiger partial charge in [-0.15, -0.1) is 11.3 Å². The number of thiophene rings is 1. The van der Waals surface area contributed by atoms with E-state index in [4.69, 9.17) is 0 Å². The number of ether oxygens (including phenoxy) is 1. The van der Waals surface area contributed by atoms with Crippen molar-refractivity contribution in [2.75, 3.05) is 20.7 Å². The third kappa shape index (κ3) is 4.00. The number of methoxy groups -OCH3 is 1. The van der Waals surface area contributed by atoms with Gasteiger partial charge in [0.05, 0.1) is 23.4 Å². The van der Waals surface area contributed by atoms with E-state index in [0.29, 0.717) is 17.8 Å². The van der Waals surface area contributed by atoms with E-state index in [2.05, 4.69) is 9.84 Å². The largest absolute Gasteiger partial charge is 0.469 e. The zero-order valence-electron chi connectivity index (χ0n) is 15.4. The summed E-state index contributed by atoms with van der Waals surface area (Å²) >= 11 is 1.35. The summed E-state index contributed by atoms with van der Waals surface area (Å²) in [5.41, 5.74) is 1.54. The van der Waals surface area contributed by atoms with Crippen LogP contribution in [0.2, 0.25) is 0 Å². The highest BCUT2D eigenvalue weighted by molar-refractivity contribution is 7.20. The zero-order chi connectivity index (χ0) is 19.6. The molecule has 0 unspecified atom stereocenters. The molecule has 0 aliphatic heterocycles. The first-order valence-corrected chi connectivity index (χ1v) is 9.29. The summed E-state index contributed by atoms with van der Waals surface area (Å²) in [4.78, 5) is 26.9. The average molecular weight is 389 g/mol. The van der Waals surface area contributed by atoms with Crippen LogP contribution in [0.15, 0.2) is 30.3 Å². The average Bonchev–Trinajstić information content (AvgIpc) is 3.22. The van der Waals surface area contributed by atoms with E-state index in [1.54, 1.807) is 28.8 Å². The highest BCUT2D eigenvalue weighted by Crippen LogP contribution is 2.31. The molecule has 3 rings (SSSR count). The molecule has 6 nitrogen and oxygen atoms in total. The number of halogens is 1. The maximum atomic E-state index is 13.2. The molecule has 0 bridgehead atoms. The molecule has 0 N–H and O–H groups in total. The molecular formula is C19H20FN3O3S. The summed E-state index contributed by atoms with van der Waals surface area (Å²) in [5.74, 6) is -0.701. The first kappa shape index (κ1) is 19.0. The quantitative estimate of drug-likeness (QED) is 0.605. The molecule has 2 heterocycles. The lowest BCUT2D eigenvalue weighted by Gasteiger charge is -2.15. The van der Waals surface area contributed by atoms with Crippen molar-refractivity contribution in [3.05, 3.63) is 46.7 Å². The number of esters is 1. The molecule has 1 amide bonds. The summed E-state index contributed by atoms with van der Waals surface area (Å²) in [7, 11) is 3.06. The Kier molecular flexibility index (Phi) is 5.55. The van der Waals surface area contributed by atoms with Crippen LogP contribution >= 0.6 is 11.3 Å². The molecule has 142 valence electrons. The Morgan fingerprint density at radius 3 is 2.67 bits per heavy atom. The lowest BCUT2D eigenvalue weighted by atomic mass is 10.2. The molecule has 27 heavy (non-hydrogen) atoms. The molecule has 0 aliphatic rings. The van der Waals surface area contributed by atoms with Gasteiger partial charge >= 0.3 is 5.97 Å². The minimum absolute atomic E-state index is 0.105. The van der Waals surface area contributed by atoms with Gasteiger partial charge in [0, 0.05) is 25.4 Å². The molecule has 8 heteroatoms. The normalized spacial score (nSPS) is 11.0. The summed E-state index contributed by atoms with van der Waals surface area (Å²) in [6, 6.07) is 7.91. The first-order chi connectivity index (χ1) is 12.9. The molecule has 0 saturated carbocycles. The summed E-state index contributed by atoms with van der Waals surface area (Å²) in [6.07, 6.45) is 0.821. The fourth-order valence-electron chi connectivity index (χ4n) is 2.76. The maximum Gasteiger partial charge on any atom is 0.305 e. The lowest BCUT2D eigenvalue weighted by Crippen LogP contribution is -2.27. The number of carbonyl (C=O) groups excluding carboxylic acids is 2. The molecule has 0 atom stereocenters. The monoisotopic (exact) mass is 389 g/mol. The molecule has 0 saturated heterocycles. The zero-order valence-corrected chi connectivity index (χ0v) is 16.2. The van der Waals surface area contributed by atoms with Crippen molar-refractivity contribution in [2.24, 2.45) is 0 Å². The SMILES string of the molecule is COC(=O)CCCN(C)C(=O)c1cc2c(C)nn(-c3ccc(F)cc3)c2s1. The smallest absolute Gasteiger partial charge is 0.305 e. The summed E-state index contributed by atoms with van der Waals surface area (Å²) in [5, 5.41) is 5.40. The second-order valence-electron chi connectivity index (χ2n) is 6.21. The van der Waals surface area contributed by atoms with Gasteiger partial charge in [-0.1, -0.05) is 0 Å². The van der Waals surface area contributed by atoms with Gasteiger partial charge in [0.2, 0.25) is 0 Å². The highest BCUT2D eigenvalue weighted by atomic mass is 32.1. The van der Waals surface area contributed by atoms with Crippen LogP contribution < -0.4 is 0 Å². The van der Waals surface area contributed by atoms with Crippen LogP contribution in [0.4, 0.5) is 4.39 Å². The van der Waals surface area contributed by atoms with Gasteiger partial charge in [-0.3, -0.25) is 9.59 Å². The Balaban J connectivity index is 1.82. The number of aromatic nitrogens is 2. The van der Waals surface area contributed by atoms with E-state index in [1.165, 1.54) is 30.6 Å². The van der Waals surface area contributed by atoms with Gasteiger partial charge in [-0.2, -0.15) is 5.10 Å². The van der Waals surface area contributed by atoms with Crippen molar-refractivity contribution in [3.63, 3.8) is 0 Å². The number of hydrogen-bond donors (Lipinski definition) is 0. The molecule has 0 spiro atoms. The molecule has 1 aromatic carbocycles. The van der Waals surface area contributed by atoms with E-state index >= 15 is 0 Å². The second-order valence-corrected chi connectivity index (χ2v) is 7.24. The Bertz CT molecular complexity index is 978. The molecule has 3 aromatic rings. The summed E-state index contributed by atoms with van der Waals surface area (Å²) in [6.45, 7) is 2.34. The third-order valence-corrected chi connectivity index (χ3v) is 5.37. The topological polar surface area (TPSA) is 64.4 Å². The number of hydrogen-bond acceptors (Lipinski definition) is 5. The van der Waals surface area contributed by atoms with E-state index in [9.17, 15) is 14.0 Å². The predicted octanol–water partition coefficient (Wildman–Crippen LogP) is 3.56. The standard InChI is InChI=1S/C19H20FN3O3S/c1-12-15-11-16(18(25)22(2)10-4-5-17(24)26-3)27-19(15)23(21-12)14-8-6-13(20)7-9-14/h6-9,11H,4-5,10H2,1-3H3. The second kappa shape index (κ2) is 7.87. The van der Waals surface area contributed by atoms with Crippen molar-refractivity contribution in [1.82, 2.24) is 14.7 Å². The van der Waals surface area contributed by atoms with Crippen LogP contribution in [0.25, 0.3) is 15.9 Å². The van der Waals surface area contributed by atoms with E-state index in [0.717, 1.165) is 21.6 Å². The number of aryl methyl sites for hydroxylation is 1. The number of amides is 1. The van der Waals surface area contributed by atoms with E-state index < -0.39 is 0 Å². The van der Waals surface area contributed by atoms with Crippen LogP contribution in [0.5, 0.6) is 0 Å². The molecule has 0 radical (unpaired) electrons. The number of nitrogens with zero attached hydrogens (tertiary/aromatic N) is 3. The first-order valence-electron chi connectivity index (χ1n) is 8.48. The van der Waals surface area contributed by atoms with Gasteiger partial charge in [-0.25, -0.2) is 9.07 Å². The molecule has 0 aliphatic carbocycles. The Morgan fingerprint density at radius 1 is 1.30 bits per heavy atom. The minimum atomic E-state index is -0.311. The van der Waals surface area contributed by atoms with Gasteiger partial charge in [0.1, 0.15) is 10.6 Å². The van der Waals surface area contributed by atoms with Gasteiger partial charge in [0.15, 0.2) is 0 Å². The Labute approximate surface area is 160 Å². The number of benzene rings is 1. The van der Waals surface area contributed by atoms with Crippen molar-refractivity contribution in [3.8, 4) is 5.69 Å². The Morgan fingerprint density at radius 2 is 2.00 bits per heavy atom. The molecular weight excluding hydrogens is 369 g/mol. The number of carbonyl (C=O) groups is 2. The molecule has 0 fully saturated rings. The minimum Gasteiger partial charge on any atom is -0.469 e. The summed E-state index contributed by atoms with van der Waals surface area (Å²) < 4.78 is 19.5. The van der Waals surface area contributed by atoms with Crippen LogP contribution in [0.3, 0.4) is 0 Å². The van der Waals surface area contributed by atoms with Crippen LogP contribution in [-0.4, -0.2) is 47.3 Å². The maximum absolute atomic E-state index is 13.2. The van der Waals surface area contributed by atoms with Crippen molar-refractivity contribution >= 4 is 33.4 Å². The van der Waals surface area contributed by atoms with Crippen molar-refractivity contribution in [2.45, 2.75) is 19.8 Å². The number of rotatable bonds is 6.